The van der Waals surface area contributed by atoms with Crippen molar-refractivity contribution >= 4 is 36.3 Å². The van der Waals surface area contributed by atoms with E-state index in [1.54, 1.807) is 6.07 Å². The molecule has 1 aromatic rings. The monoisotopic (exact) mass is 416 g/mol. The van der Waals surface area contributed by atoms with Crippen LogP contribution in [0.15, 0.2) is 18.2 Å². The van der Waals surface area contributed by atoms with Crippen molar-refractivity contribution in [2.24, 2.45) is 11.7 Å². The van der Waals surface area contributed by atoms with E-state index < -0.39 is 18.6 Å². The molecule has 0 saturated carbocycles. The van der Waals surface area contributed by atoms with Gasteiger partial charge in [-0.1, -0.05) is 48.5 Å². The van der Waals surface area contributed by atoms with Crippen LogP contribution in [0.25, 0.3) is 0 Å². The van der Waals surface area contributed by atoms with Crippen LogP contribution in [-0.2, 0) is 11.3 Å². The summed E-state index contributed by atoms with van der Waals surface area (Å²) in [5.41, 5.74) is 6.03. The Morgan fingerprint density at radius 3 is 2.52 bits per heavy atom. The summed E-state index contributed by atoms with van der Waals surface area (Å²) in [5, 5.41) is 28.3. The quantitative estimate of drug-likeness (QED) is 0.326. The molecule has 1 fully saturated rings. The molecule has 1 unspecified atom stereocenters. The molecule has 9 heteroatoms. The van der Waals surface area contributed by atoms with E-state index in [-0.39, 0.29) is 5.92 Å². The van der Waals surface area contributed by atoms with Crippen molar-refractivity contribution < 1.29 is 19.9 Å². The van der Waals surface area contributed by atoms with Gasteiger partial charge in [-0.15, -0.1) is 0 Å². The predicted octanol–water partition coefficient (Wildman–Crippen LogP) is 2.63. The lowest BCUT2D eigenvalue weighted by Crippen LogP contribution is -2.55. The molecule has 2 rings (SSSR count). The van der Waals surface area contributed by atoms with Gasteiger partial charge in [0.15, 0.2) is 0 Å². The second-order valence-electron chi connectivity index (χ2n) is 7.55. The number of nitrogens with zero attached hydrogens (tertiary/aromatic N) is 1. The van der Waals surface area contributed by atoms with Gasteiger partial charge in [0, 0.05) is 19.6 Å². The third-order valence-corrected chi connectivity index (χ3v) is 5.83. The Balaban J connectivity index is 1.75. The number of nitrogens with two attached hydrogens (primary N) is 1. The van der Waals surface area contributed by atoms with Gasteiger partial charge >= 0.3 is 13.1 Å². The van der Waals surface area contributed by atoms with E-state index in [1.807, 2.05) is 12.1 Å². The molecule has 0 radical (unpaired) electrons. The average molecular weight is 417 g/mol. The van der Waals surface area contributed by atoms with Gasteiger partial charge in [-0.3, -0.25) is 9.69 Å². The van der Waals surface area contributed by atoms with Crippen molar-refractivity contribution in [3.05, 3.63) is 33.8 Å². The molecule has 0 bridgehead atoms. The van der Waals surface area contributed by atoms with Crippen molar-refractivity contribution in [1.82, 2.24) is 4.90 Å². The van der Waals surface area contributed by atoms with Gasteiger partial charge in [0.1, 0.15) is 5.54 Å². The number of aliphatic carboxylic acids is 1. The molecule has 6 nitrogen and oxygen atoms in total. The summed E-state index contributed by atoms with van der Waals surface area (Å²) in [7, 11) is -1.30. The SMILES string of the molecule is NC(CCCCCB(O)O)(CC1CN(Cc2ccc(Cl)c(Cl)c2)C1)C(=O)O. The van der Waals surface area contributed by atoms with Crippen LogP contribution < -0.4 is 5.73 Å². The normalized spacial score (nSPS) is 17.4. The van der Waals surface area contributed by atoms with Gasteiger partial charge in [-0.25, -0.2) is 0 Å². The Kier molecular flexibility index (Phi) is 8.40. The molecule has 1 heterocycles. The van der Waals surface area contributed by atoms with Gasteiger partial charge in [-0.05, 0) is 42.8 Å². The van der Waals surface area contributed by atoms with Crippen LogP contribution in [-0.4, -0.2) is 51.8 Å². The predicted molar refractivity (Wildman–Crippen MR) is 108 cm³/mol. The number of rotatable bonds is 11. The number of unbranched alkanes of at least 4 members (excludes halogenated alkanes) is 2. The zero-order valence-electron chi connectivity index (χ0n) is 15.3. The van der Waals surface area contributed by atoms with Gasteiger partial charge in [0.25, 0.3) is 0 Å². The lowest BCUT2D eigenvalue weighted by molar-refractivity contribution is -0.145. The van der Waals surface area contributed by atoms with Crippen LogP contribution in [0.5, 0.6) is 0 Å². The Bertz CT molecular complexity index is 644. The number of carboxylic acid groups (broad SMARTS) is 1. The summed E-state index contributed by atoms with van der Waals surface area (Å²) in [4.78, 5) is 13.9. The number of hydrogen-bond donors (Lipinski definition) is 4. The third kappa shape index (κ3) is 6.93. The number of carbonyl (C=O) groups is 1. The van der Waals surface area contributed by atoms with Gasteiger partial charge in [-0.2, -0.15) is 0 Å². The molecule has 1 aromatic carbocycles. The number of likely N-dealkylation sites (tertiary alicyclic amines) is 1. The molecule has 1 aliphatic heterocycles. The number of carboxylic acids is 1. The first-order chi connectivity index (χ1) is 12.7. The Labute approximate surface area is 170 Å². The van der Waals surface area contributed by atoms with Crippen LogP contribution in [0.3, 0.4) is 0 Å². The van der Waals surface area contributed by atoms with Crippen LogP contribution in [0, 0.1) is 5.92 Å². The second kappa shape index (κ2) is 10.1. The van der Waals surface area contributed by atoms with Crippen LogP contribution in [0.1, 0.15) is 37.7 Å². The molecule has 150 valence electrons. The van der Waals surface area contributed by atoms with Crippen molar-refractivity contribution in [1.29, 1.82) is 0 Å². The maximum atomic E-state index is 11.7. The molecule has 5 N–H and O–H groups in total. The minimum Gasteiger partial charge on any atom is -0.480 e. The Morgan fingerprint density at radius 2 is 1.93 bits per heavy atom. The maximum absolute atomic E-state index is 11.7. The van der Waals surface area contributed by atoms with E-state index in [4.69, 9.17) is 39.0 Å². The fraction of sp³-hybridized carbons (Fsp3) is 0.611. The number of hydrogen-bond acceptors (Lipinski definition) is 5. The largest absolute Gasteiger partial charge is 0.480 e. The van der Waals surface area contributed by atoms with Crippen molar-refractivity contribution in [3.63, 3.8) is 0 Å². The number of benzene rings is 1. The third-order valence-electron chi connectivity index (χ3n) is 5.09. The molecule has 0 aromatic heterocycles. The highest BCUT2D eigenvalue weighted by Gasteiger charge is 2.39. The van der Waals surface area contributed by atoms with Crippen LogP contribution in [0.4, 0.5) is 0 Å². The molecule has 0 aliphatic carbocycles. The highest BCUT2D eigenvalue weighted by atomic mass is 35.5. The second-order valence-corrected chi connectivity index (χ2v) is 8.37. The first-order valence-corrected chi connectivity index (χ1v) is 10.00. The highest BCUT2D eigenvalue weighted by molar-refractivity contribution is 6.42. The molecular weight excluding hydrogens is 390 g/mol. The zero-order valence-corrected chi connectivity index (χ0v) is 16.8. The van der Waals surface area contributed by atoms with Crippen molar-refractivity contribution in [2.75, 3.05) is 13.1 Å². The molecular formula is C18H27BCl2N2O4. The molecule has 1 atom stereocenters. The van der Waals surface area contributed by atoms with Gasteiger partial charge in [0.05, 0.1) is 10.0 Å². The average Bonchev–Trinajstić information content (AvgIpc) is 2.55. The van der Waals surface area contributed by atoms with E-state index in [2.05, 4.69) is 4.90 Å². The summed E-state index contributed by atoms with van der Waals surface area (Å²) in [6, 6.07) is 5.57. The summed E-state index contributed by atoms with van der Waals surface area (Å²) < 4.78 is 0. The molecule has 0 amide bonds. The molecule has 1 aliphatic rings. The Morgan fingerprint density at radius 1 is 1.22 bits per heavy atom. The highest BCUT2D eigenvalue weighted by Crippen LogP contribution is 2.30. The van der Waals surface area contributed by atoms with Crippen molar-refractivity contribution in [2.45, 2.75) is 50.5 Å². The van der Waals surface area contributed by atoms with Crippen LogP contribution >= 0.6 is 23.2 Å². The minimum absolute atomic E-state index is 0.258. The Hall–Kier alpha value is -0.825. The maximum Gasteiger partial charge on any atom is 0.451 e. The fourth-order valence-electron chi connectivity index (χ4n) is 3.59. The van der Waals surface area contributed by atoms with E-state index in [0.29, 0.717) is 42.0 Å². The first-order valence-electron chi connectivity index (χ1n) is 9.24. The standard InChI is InChI=1S/C18H27BCl2N2O4/c20-15-5-4-13(8-16(15)21)10-23-11-14(12-23)9-18(22,17(24)25)6-2-1-3-7-19(26)27/h4-5,8,14,26-27H,1-3,6-7,9-12,22H2,(H,24,25). The zero-order chi connectivity index (χ0) is 20.0. The molecule has 0 spiro atoms. The van der Waals surface area contributed by atoms with Gasteiger partial charge in [0.2, 0.25) is 0 Å². The summed E-state index contributed by atoms with van der Waals surface area (Å²) >= 11 is 12.0. The fourth-order valence-corrected chi connectivity index (χ4v) is 3.91. The summed E-state index contributed by atoms with van der Waals surface area (Å²) in [6.45, 7) is 2.37. The van der Waals surface area contributed by atoms with E-state index in [9.17, 15) is 9.90 Å². The molecule has 27 heavy (non-hydrogen) atoms. The van der Waals surface area contributed by atoms with Gasteiger partial charge < -0.3 is 20.9 Å². The lowest BCUT2D eigenvalue weighted by Gasteiger charge is -2.42. The van der Waals surface area contributed by atoms with E-state index in [1.165, 1.54) is 0 Å². The topological polar surface area (TPSA) is 107 Å². The minimum atomic E-state index is -1.30. The smallest absolute Gasteiger partial charge is 0.451 e. The van der Waals surface area contributed by atoms with Crippen LogP contribution in [0.2, 0.25) is 16.4 Å². The molecule has 1 saturated heterocycles. The first kappa shape index (κ1) is 22.5. The van der Waals surface area contributed by atoms with E-state index >= 15 is 0 Å². The van der Waals surface area contributed by atoms with Crippen molar-refractivity contribution in [3.8, 4) is 0 Å². The summed E-state index contributed by atoms with van der Waals surface area (Å²) in [6.07, 6.45) is 3.19. The van der Waals surface area contributed by atoms with E-state index in [0.717, 1.165) is 31.6 Å². The summed E-state index contributed by atoms with van der Waals surface area (Å²) in [5.74, 6) is -0.708. The number of halogens is 2. The lowest BCUT2D eigenvalue weighted by atomic mass is 9.79.